The highest BCUT2D eigenvalue weighted by molar-refractivity contribution is 6.31. The van der Waals surface area contributed by atoms with Crippen molar-refractivity contribution in [1.82, 2.24) is 15.1 Å². The van der Waals surface area contributed by atoms with Gasteiger partial charge < -0.3 is 10.2 Å². The van der Waals surface area contributed by atoms with Crippen LogP contribution in [0.5, 0.6) is 0 Å². The first-order valence-corrected chi connectivity index (χ1v) is 9.89. The molecule has 7 heteroatoms. The number of rotatable bonds is 5. The van der Waals surface area contributed by atoms with Crippen LogP contribution in [0.15, 0.2) is 24.3 Å². The third kappa shape index (κ3) is 3.95. The van der Waals surface area contributed by atoms with Crippen LogP contribution in [0.1, 0.15) is 45.1 Å². The number of urea groups is 1. The first kappa shape index (κ1) is 19.7. The van der Waals surface area contributed by atoms with Gasteiger partial charge in [-0.05, 0) is 50.2 Å². The van der Waals surface area contributed by atoms with Gasteiger partial charge in [0.25, 0.3) is 5.91 Å². The molecule has 6 nitrogen and oxygen atoms in total. The summed E-state index contributed by atoms with van der Waals surface area (Å²) >= 11 is 6.19. The molecule has 1 heterocycles. The fraction of sp³-hybridized carbons (Fsp3) is 0.550. The van der Waals surface area contributed by atoms with E-state index in [1.165, 1.54) is 0 Å². The van der Waals surface area contributed by atoms with Crippen LogP contribution in [0.25, 0.3) is 0 Å². The predicted molar refractivity (Wildman–Crippen MR) is 103 cm³/mol. The lowest BCUT2D eigenvalue weighted by molar-refractivity contribution is -0.139. The molecule has 2 fully saturated rings. The fourth-order valence-corrected chi connectivity index (χ4v) is 4.05. The molecule has 0 atom stereocenters. The molecule has 0 radical (unpaired) electrons. The molecule has 146 valence electrons. The zero-order valence-electron chi connectivity index (χ0n) is 15.8. The third-order valence-electron chi connectivity index (χ3n) is 5.72. The van der Waals surface area contributed by atoms with Gasteiger partial charge in [-0.3, -0.25) is 14.5 Å². The Morgan fingerprint density at radius 2 is 1.96 bits per heavy atom. The number of nitrogens with one attached hydrogen (secondary N) is 1. The maximum absolute atomic E-state index is 12.9. The van der Waals surface area contributed by atoms with Gasteiger partial charge in [0.15, 0.2) is 0 Å². The maximum Gasteiger partial charge on any atom is 0.325 e. The van der Waals surface area contributed by atoms with Crippen LogP contribution in [0, 0.1) is 5.92 Å². The zero-order valence-corrected chi connectivity index (χ0v) is 16.6. The highest BCUT2D eigenvalue weighted by Gasteiger charge is 2.52. The van der Waals surface area contributed by atoms with Crippen molar-refractivity contribution in [1.29, 1.82) is 0 Å². The first-order chi connectivity index (χ1) is 12.9. The Kier molecular flexibility index (Phi) is 5.75. The summed E-state index contributed by atoms with van der Waals surface area (Å²) in [5.41, 5.74) is 0.0215. The van der Waals surface area contributed by atoms with Crippen LogP contribution in [0.4, 0.5) is 4.79 Å². The Morgan fingerprint density at radius 1 is 1.30 bits per heavy atom. The van der Waals surface area contributed by atoms with E-state index in [2.05, 4.69) is 12.2 Å². The lowest BCUT2D eigenvalue weighted by Gasteiger charge is -2.33. The second kappa shape index (κ2) is 7.89. The largest absolute Gasteiger partial charge is 0.337 e. The van der Waals surface area contributed by atoms with Crippen LogP contribution >= 0.6 is 11.6 Å². The van der Waals surface area contributed by atoms with Crippen molar-refractivity contribution in [2.45, 2.75) is 51.6 Å². The molecular formula is C20H26ClN3O3. The lowest BCUT2D eigenvalue weighted by Crippen LogP contribution is -2.50. The molecule has 3 rings (SSSR count). The highest BCUT2D eigenvalue weighted by atomic mass is 35.5. The molecule has 1 aromatic carbocycles. The Labute approximate surface area is 164 Å². The minimum absolute atomic E-state index is 0.236. The predicted octanol–water partition coefficient (Wildman–Crippen LogP) is 3.19. The third-order valence-corrected chi connectivity index (χ3v) is 6.09. The molecule has 27 heavy (non-hydrogen) atoms. The van der Waals surface area contributed by atoms with Gasteiger partial charge in [0, 0.05) is 18.1 Å². The van der Waals surface area contributed by atoms with E-state index < -0.39 is 11.6 Å². The van der Waals surface area contributed by atoms with Gasteiger partial charge in [-0.25, -0.2) is 4.79 Å². The molecule has 0 bridgehead atoms. The van der Waals surface area contributed by atoms with Gasteiger partial charge in [0.2, 0.25) is 5.91 Å². The summed E-state index contributed by atoms with van der Waals surface area (Å²) in [7, 11) is 0. The molecule has 1 spiro atoms. The van der Waals surface area contributed by atoms with E-state index >= 15 is 0 Å². The van der Waals surface area contributed by atoms with E-state index in [1.807, 2.05) is 25.1 Å². The van der Waals surface area contributed by atoms with Gasteiger partial charge >= 0.3 is 6.03 Å². The topological polar surface area (TPSA) is 69.7 Å². The summed E-state index contributed by atoms with van der Waals surface area (Å²) < 4.78 is 0. The number of likely N-dealkylation sites (N-methyl/N-ethyl adjacent to an activating group) is 1. The summed E-state index contributed by atoms with van der Waals surface area (Å²) in [6.07, 6.45) is 3.09. The SMILES string of the molecule is CCN(Cc1ccccc1Cl)C(=O)CN1C(=O)NC2(CCC(C)CC2)C1=O. The molecule has 1 N–H and O–H groups in total. The normalized spacial score (nSPS) is 25.0. The van der Waals surface area contributed by atoms with Gasteiger partial charge in [-0.1, -0.05) is 36.7 Å². The summed E-state index contributed by atoms with van der Waals surface area (Å²) in [5, 5.41) is 3.45. The van der Waals surface area contributed by atoms with Crippen LogP contribution in [-0.4, -0.2) is 46.3 Å². The van der Waals surface area contributed by atoms with Crippen molar-refractivity contribution in [2.75, 3.05) is 13.1 Å². The molecule has 2 aliphatic rings. The summed E-state index contributed by atoms with van der Waals surface area (Å²) in [5.74, 6) is 0.0332. The average molecular weight is 392 g/mol. The minimum atomic E-state index is -0.816. The second-order valence-electron chi connectivity index (χ2n) is 7.59. The van der Waals surface area contributed by atoms with Gasteiger partial charge in [0.1, 0.15) is 12.1 Å². The number of hydrogen-bond acceptors (Lipinski definition) is 3. The number of amides is 4. The smallest absolute Gasteiger partial charge is 0.325 e. The number of hydrogen-bond donors (Lipinski definition) is 1. The van der Waals surface area contributed by atoms with Crippen LogP contribution in [-0.2, 0) is 16.1 Å². The summed E-state index contributed by atoms with van der Waals surface area (Å²) in [6.45, 7) is 4.60. The van der Waals surface area contributed by atoms with E-state index in [9.17, 15) is 14.4 Å². The second-order valence-corrected chi connectivity index (χ2v) is 7.99. The minimum Gasteiger partial charge on any atom is -0.337 e. The van der Waals surface area contributed by atoms with Crippen molar-refractivity contribution in [3.05, 3.63) is 34.9 Å². The highest BCUT2D eigenvalue weighted by Crippen LogP contribution is 2.36. The molecule has 0 aromatic heterocycles. The van der Waals surface area contributed by atoms with Crippen molar-refractivity contribution in [3.8, 4) is 0 Å². The number of nitrogens with zero attached hydrogens (tertiary/aromatic N) is 2. The fourth-order valence-electron chi connectivity index (χ4n) is 3.86. The molecule has 4 amide bonds. The maximum atomic E-state index is 12.9. The molecule has 0 unspecified atom stereocenters. The van der Waals surface area contributed by atoms with Crippen molar-refractivity contribution in [3.63, 3.8) is 0 Å². The van der Waals surface area contributed by atoms with Crippen LogP contribution in [0.3, 0.4) is 0 Å². The van der Waals surface area contributed by atoms with Gasteiger partial charge in [-0.2, -0.15) is 0 Å². The van der Waals surface area contributed by atoms with E-state index in [0.29, 0.717) is 36.9 Å². The molecular weight excluding hydrogens is 366 g/mol. The standard InChI is InChI=1S/C20H26ClN3O3/c1-3-23(12-15-6-4-5-7-16(15)21)17(25)13-24-18(26)20(22-19(24)27)10-8-14(2)9-11-20/h4-7,14H,3,8-13H2,1-2H3,(H,22,27). The molecule has 1 saturated carbocycles. The quantitative estimate of drug-likeness (QED) is 0.783. The number of carbonyl (C=O) groups excluding carboxylic acids is 3. The molecule has 1 saturated heterocycles. The van der Waals surface area contributed by atoms with Crippen molar-refractivity contribution < 1.29 is 14.4 Å². The number of imide groups is 1. The number of benzene rings is 1. The Balaban J connectivity index is 1.68. The Bertz CT molecular complexity index is 744. The van der Waals surface area contributed by atoms with E-state index in [1.54, 1.807) is 11.0 Å². The molecule has 1 aromatic rings. The van der Waals surface area contributed by atoms with Crippen LogP contribution in [0.2, 0.25) is 5.02 Å². The summed E-state index contributed by atoms with van der Waals surface area (Å²) in [6, 6.07) is 6.88. The van der Waals surface area contributed by atoms with Gasteiger partial charge in [-0.15, -0.1) is 0 Å². The summed E-state index contributed by atoms with van der Waals surface area (Å²) in [4.78, 5) is 40.8. The average Bonchev–Trinajstić information content (AvgIpc) is 2.88. The van der Waals surface area contributed by atoms with Crippen LogP contribution < -0.4 is 5.32 Å². The molecule has 1 aliphatic heterocycles. The van der Waals surface area contributed by atoms with E-state index in [0.717, 1.165) is 23.3 Å². The van der Waals surface area contributed by atoms with E-state index in [4.69, 9.17) is 11.6 Å². The Morgan fingerprint density at radius 3 is 2.59 bits per heavy atom. The monoisotopic (exact) mass is 391 g/mol. The van der Waals surface area contributed by atoms with E-state index in [-0.39, 0.29) is 18.4 Å². The Hall–Kier alpha value is -2.08. The van der Waals surface area contributed by atoms with Crippen molar-refractivity contribution >= 4 is 29.4 Å². The first-order valence-electron chi connectivity index (χ1n) is 9.51. The number of carbonyl (C=O) groups is 3. The van der Waals surface area contributed by atoms with Gasteiger partial charge in [0.05, 0.1) is 0 Å². The number of halogens is 1. The molecule has 1 aliphatic carbocycles. The van der Waals surface area contributed by atoms with Crippen molar-refractivity contribution in [2.24, 2.45) is 5.92 Å². The lowest BCUT2D eigenvalue weighted by atomic mass is 9.77. The zero-order chi connectivity index (χ0) is 19.6.